The Balaban J connectivity index is 4.59. The van der Waals surface area contributed by atoms with E-state index in [0.29, 0.717) is 0 Å². The van der Waals surface area contributed by atoms with Crippen LogP contribution in [0.4, 0.5) is 13.2 Å². The third-order valence-corrected chi connectivity index (χ3v) is 1.46. The highest BCUT2D eigenvalue weighted by atomic mass is 19.4. The fourth-order valence-electron chi connectivity index (χ4n) is 0.461. The first-order valence-electron chi connectivity index (χ1n) is 3.67. The van der Waals surface area contributed by atoms with Gasteiger partial charge in [0.2, 0.25) is 6.10 Å². The number of halogens is 3. The Morgan fingerprint density at radius 3 is 2.14 bits per heavy atom. The summed E-state index contributed by atoms with van der Waals surface area (Å²) in [5.41, 5.74) is 0. The molecule has 0 bridgehead atoms. The Hall–Kier alpha value is -1.11. The molecule has 0 aromatic carbocycles. The Morgan fingerprint density at radius 1 is 1.43 bits per heavy atom. The average Bonchev–Trinajstić information content (AvgIpc) is 2.00. The maximum Gasteiger partial charge on any atom is 0.423 e. The molecule has 1 amide bonds. The summed E-state index contributed by atoms with van der Waals surface area (Å²) < 4.78 is 35.4. The number of amides is 1. The number of carbonyl (C=O) groups is 1. The molecule has 0 radical (unpaired) electrons. The summed E-state index contributed by atoms with van der Waals surface area (Å²) in [5.74, 6) is -1.51. The van der Waals surface area contributed by atoms with Crippen LogP contribution < -0.4 is 0 Å². The fourth-order valence-corrected chi connectivity index (χ4v) is 0.461. The third kappa shape index (κ3) is 3.73. The zero-order valence-electron chi connectivity index (χ0n) is 7.96. The number of hydrogen-bond donors (Lipinski definition) is 1. The van der Waals surface area contributed by atoms with Crippen LogP contribution in [0.2, 0.25) is 0 Å². The lowest BCUT2D eigenvalue weighted by molar-refractivity contribution is -0.203. The van der Waals surface area contributed by atoms with Gasteiger partial charge in [-0.1, -0.05) is 0 Å². The van der Waals surface area contributed by atoms with Crippen LogP contribution >= 0.6 is 0 Å². The number of aliphatic imine (C=N–C) groups is 1. The first-order chi connectivity index (χ1) is 6.16. The van der Waals surface area contributed by atoms with Gasteiger partial charge in [0.1, 0.15) is 5.84 Å². The summed E-state index contributed by atoms with van der Waals surface area (Å²) in [7, 11) is 3.04. The molecule has 0 aromatic heterocycles. The van der Waals surface area contributed by atoms with Crippen LogP contribution in [0.5, 0.6) is 0 Å². The van der Waals surface area contributed by atoms with Gasteiger partial charge in [-0.25, -0.2) is 0 Å². The van der Waals surface area contributed by atoms with E-state index in [0.717, 1.165) is 0 Å². The molecule has 0 aliphatic rings. The molecule has 1 unspecified atom stereocenters. The van der Waals surface area contributed by atoms with Gasteiger partial charge in [-0.05, 0) is 6.92 Å². The van der Waals surface area contributed by atoms with Crippen LogP contribution in [0.15, 0.2) is 4.99 Å². The van der Waals surface area contributed by atoms with Crippen LogP contribution in [0.25, 0.3) is 0 Å². The highest BCUT2D eigenvalue weighted by molar-refractivity contribution is 5.95. The van der Waals surface area contributed by atoms with E-state index >= 15 is 0 Å². The molecule has 0 saturated heterocycles. The minimum absolute atomic E-state index is 0.0956. The van der Waals surface area contributed by atoms with E-state index in [2.05, 4.69) is 4.99 Å². The standard InChI is InChI=1S/C7H11F3N2O2/c1-4(12(2)3)11-6(14)5(13)7(8,9)10/h5,13H,1-3H3. The summed E-state index contributed by atoms with van der Waals surface area (Å²) in [6, 6.07) is 0. The number of alkyl halides is 3. The second-order valence-corrected chi connectivity index (χ2v) is 2.84. The number of carbonyl (C=O) groups excluding carboxylic acids is 1. The normalized spacial score (nSPS) is 15.2. The molecule has 4 nitrogen and oxygen atoms in total. The SMILES string of the molecule is CC(=NC(=O)C(O)C(F)(F)F)N(C)C. The molecule has 7 heteroatoms. The lowest BCUT2D eigenvalue weighted by atomic mass is 10.3. The molecular formula is C7H11F3N2O2. The van der Waals surface area contributed by atoms with Crippen molar-refractivity contribution in [3.8, 4) is 0 Å². The highest BCUT2D eigenvalue weighted by Crippen LogP contribution is 2.20. The molecular weight excluding hydrogens is 201 g/mol. The van der Waals surface area contributed by atoms with Gasteiger partial charge < -0.3 is 10.0 Å². The molecule has 0 aliphatic heterocycles. The van der Waals surface area contributed by atoms with Crippen molar-refractivity contribution in [2.75, 3.05) is 14.1 Å². The Bertz CT molecular complexity index is 248. The molecule has 0 fully saturated rings. The number of nitrogens with zero attached hydrogens (tertiary/aromatic N) is 2. The van der Waals surface area contributed by atoms with Gasteiger partial charge in [0, 0.05) is 14.1 Å². The van der Waals surface area contributed by atoms with Crippen LogP contribution in [0.1, 0.15) is 6.92 Å². The van der Waals surface area contributed by atoms with Gasteiger partial charge in [-0.15, -0.1) is 0 Å². The van der Waals surface area contributed by atoms with E-state index in [4.69, 9.17) is 5.11 Å². The quantitative estimate of drug-likeness (QED) is 0.506. The van der Waals surface area contributed by atoms with Gasteiger partial charge in [0.25, 0.3) is 5.91 Å². The molecule has 82 valence electrons. The van der Waals surface area contributed by atoms with Crippen molar-refractivity contribution >= 4 is 11.7 Å². The Labute approximate surface area is 79.0 Å². The first kappa shape index (κ1) is 12.9. The number of hydrogen-bond acceptors (Lipinski definition) is 2. The Morgan fingerprint density at radius 2 is 1.86 bits per heavy atom. The molecule has 0 aliphatic carbocycles. The van der Waals surface area contributed by atoms with Crippen molar-refractivity contribution in [1.82, 2.24) is 4.90 Å². The van der Waals surface area contributed by atoms with Crippen molar-refractivity contribution in [1.29, 1.82) is 0 Å². The summed E-state index contributed by atoms with van der Waals surface area (Å²) >= 11 is 0. The monoisotopic (exact) mass is 212 g/mol. The first-order valence-corrected chi connectivity index (χ1v) is 3.67. The zero-order chi connectivity index (χ0) is 11.5. The lowest BCUT2D eigenvalue weighted by Gasteiger charge is -2.13. The van der Waals surface area contributed by atoms with Crippen LogP contribution in [0.3, 0.4) is 0 Å². The second-order valence-electron chi connectivity index (χ2n) is 2.84. The second kappa shape index (κ2) is 4.41. The van der Waals surface area contributed by atoms with Gasteiger partial charge in [-0.3, -0.25) is 4.79 Å². The van der Waals surface area contributed by atoms with Gasteiger partial charge in [0.15, 0.2) is 0 Å². The van der Waals surface area contributed by atoms with E-state index < -0.39 is 18.2 Å². The zero-order valence-corrected chi connectivity index (χ0v) is 7.96. The Kier molecular flexibility index (Phi) is 4.06. The summed E-state index contributed by atoms with van der Waals surface area (Å²) in [6.07, 6.45) is -8.01. The molecule has 0 spiro atoms. The number of aliphatic hydroxyl groups is 1. The van der Waals surface area contributed by atoms with Crippen molar-refractivity contribution in [3.63, 3.8) is 0 Å². The van der Waals surface area contributed by atoms with Gasteiger partial charge in [0.05, 0.1) is 0 Å². The summed E-state index contributed by atoms with van der Waals surface area (Å²) in [4.78, 5) is 15.2. The topological polar surface area (TPSA) is 52.9 Å². The van der Waals surface area contributed by atoms with Crippen LogP contribution in [-0.2, 0) is 4.79 Å². The molecule has 1 atom stereocenters. The maximum atomic E-state index is 11.8. The van der Waals surface area contributed by atoms with Crippen LogP contribution in [-0.4, -0.2) is 48.1 Å². The van der Waals surface area contributed by atoms with E-state index in [1.165, 1.54) is 25.9 Å². The smallest absolute Gasteiger partial charge is 0.376 e. The van der Waals surface area contributed by atoms with Gasteiger partial charge >= 0.3 is 6.18 Å². The predicted octanol–water partition coefficient (Wildman–Crippen LogP) is 0.416. The van der Waals surface area contributed by atoms with Crippen molar-refractivity contribution in [3.05, 3.63) is 0 Å². The van der Waals surface area contributed by atoms with Crippen molar-refractivity contribution in [2.45, 2.75) is 19.2 Å². The molecule has 14 heavy (non-hydrogen) atoms. The number of aliphatic hydroxyl groups excluding tert-OH is 1. The predicted molar refractivity (Wildman–Crippen MR) is 43.9 cm³/mol. The highest BCUT2D eigenvalue weighted by Gasteiger charge is 2.43. The van der Waals surface area contributed by atoms with E-state index in [-0.39, 0.29) is 5.84 Å². The van der Waals surface area contributed by atoms with Crippen molar-refractivity contribution in [2.24, 2.45) is 4.99 Å². The largest absolute Gasteiger partial charge is 0.423 e. The van der Waals surface area contributed by atoms with Crippen molar-refractivity contribution < 1.29 is 23.1 Å². The minimum Gasteiger partial charge on any atom is -0.376 e. The average molecular weight is 212 g/mol. The molecule has 0 rings (SSSR count). The summed E-state index contributed by atoms with van der Waals surface area (Å²) in [5, 5.41) is 8.48. The lowest BCUT2D eigenvalue weighted by Crippen LogP contribution is -2.36. The molecule has 0 aromatic rings. The molecule has 0 heterocycles. The van der Waals surface area contributed by atoms with Crippen LogP contribution in [0, 0.1) is 0 Å². The van der Waals surface area contributed by atoms with E-state index in [9.17, 15) is 18.0 Å². The minimum atomic E-state index is -4.97. The van der Waals surface area contributed by atoms with E-state index in [1.807, 2.05) is 0 Å². The van der Waals surface area contributed by atoms with E-state index in [1.54, 1.807) is 0 Å². The maximum absolute atomic E-state index is 11.8. The molecule has 0 saturated carbocycles. The number of amidine groups is 1. The number of rotatable bonds is 1. The third-order valence-electron chi connectivity index (χ3n) is 1.46. The molecule has 1 N–H and O–H groups in total. The van der Waals surface area contributed by atoms with Gasteiger partial charge in [-0.2, -0.15) is 18.2 Å². The fraction of sp³-hybridized carbons (Fsp3) is 0.714. The summed E-state index contributed by atoms with van der Waals surface area (Å²) in [6.45, 7) is 1.36.